The van der Waals surface area contributed by atoms with Gasteiger partial charge in [-0.25, -0.2) is 4.79 Å². The molecule has 5 rings (SSSR count). The number of aliphatic hydroxyl groups excluding tert-OH is 1. The van der Waals surface area contributed by atoms with Crippen molar-refractivity contribution < 1.29 is 47.2 Å². The number of carbonyl (C=O) groups excluding carboxylic acids is 2. The number of aryl methyl sites for hydroxylation is 5. The summed E-state index contributed by atoms with van der Waals surface area (Å²) in [5.41, 5.74) is 7.89. The number of carboxylic acids is 1. The van der Waals surface area contributed by atoms with E-state index >= 15 is 0 Å². The quantitative estimate of drug-likeness (QED) is 0.163. The van der Waals surface area contributed by atoms with Crippen molar-refractivity contribution in [3.05, 3.63) is 87.6 Å². The molecular formula is C33H47N7O10. The van der Waals surface area contributed by atoms with Crippen LogP contribution in [0.3, 0.4) is 0 Å². The zero-order chi connectivity index (χ0) is 38.0. The average molecular weight is 702 g/mol. The van der Waals surface area contributed by atoms with Crippen molar-refractivity contribution >= 4 is 17.7 Å². The molecule has 274 valence electrons. The van der Waals surface area contributed by atoms with Gasteiger partial charge in [0.1, 0.15) is 45.9 Å². The SMILES string of the molecule is CCC(=O)c1cc(C)on1.CCC(N)c1cc(C)on1.CCC(O)c1cc(C)on1.Cc1cc(C(=O)N(C)C)no1.Cc1cc(C(=O)O)no1. The molecule has 0 aromatic carbocycles. The Morgan fingerprint density at radius 2 is 1.06 bits per heavy atom. The fourth-order valence-corrected chi connectivity index (χ4v) is 3.36. The van der Waals surface area contributed by atoms with Gasteiger partial charge in [-0.3, -0.25) is 9.59 Å². The minimum absolute atomic E-state index is 0.0249. The number of hydrogen-bond acceptors (Lipinski definition) is 15. The highest BCUT2D eigenvalue weighted by atomic mass is 16.5. The second-order valence-electron chi connectivity index (χ2n) is 10.9. The molecule has 1 amide bonds. The third-order valence-corrected chi connectivity index (χ3v) is 6.18. The Balaban J connectivity index is 0.000000313. The largest absolute Gasteiger partial charge is 0.476 e. The van der Waals surface area contributed by atoms with Crippen LogP contribution in [0.5, 0.6) is 0 Å². The maximum Gasteiger partial charge on any atom is 0.358 e. The normalized spacial score (nSPS) is 11.2. The van der Waals surface area contributed by atoms with Gasteiger partial charge in [0.25, 0.3) is 5.91 Å². The van der Waals surface area contributed by atoms with Gasteiger partial charge >= 0.3 is 5.97 Å². The number of carboxylic acid groups (broad SMARTS) is 1. The first-order valence-electron chi connectivity index (χ1n) is 15.6. The molecule has 0 aliphatic rings. The zero-order valence-electron chi connectivity index (χ0n) is 30.1. The fourth-order valence-electron chi connectivity index (χ4n) is 3.36. The molecule has 17 heteroatoms. The standard InChI is InChI=1S/C7H10N2O2.C7H12N2O.C7H11NO2.C7H9NO2.C5H5NO3/c1-5-4-6(8-11-5)7(10)9(2)3;1-3-6(8)7-4-5(2)10-9-7;2*1-3-7(9)6-4-5(2)10-8-6;1-3-2-4(5(7)8)6-9-3/h4H,1-3H3;4,6H,3,8H2,1-2H3;4,7,9H,3H2,1-2H3;4H,3H2,1-2H3;2H,1H3,(H,7,8). The van der Waals surface area contributed by atoms with Crippen LogP contribution in [-0.2, 0) is 0 Å². The number of hydrogen-bond donors (Lipinski definition) is 3. The van der Waals surface area contributed by atoms with E-state index in [-0.39, 0.29) is 23.4 Å². The summed E-state index contributed by atoms with van der Waals surface area (Å²) in [6.07, 6.45) is 1.57. The summed E-state index contributed by atoms with van der Waals surface area (Å²) in [4.78, 5) is 33.6. The molecule has 0 saturated carbocycles. The number of aromatic carboxylic acids is 1. The van der Waals surface area contributed by atoms with Gasteiger partial charge in [-0.05, 0) is 47.5 Å². The Labute approximate surface area is 289 Å². The van der Waals surface area contributed by atoms with E-state index in [1.807, 2.05) is 26.8 Å². The first-order valence-corrected chi connectivity index (χ1v) is 15.6. The van der Waals surface area contributed by atoms with Crippen molar-refractivity contribution in [2.75, 3.05) is 14.1 Å². The first kappa shape index (κ1) is 42.6. The van der Waals surface area contributed by atoms with Crippen molar-refractivity contribution in [2.24, 2.45) is 5.73 Å². The topological polar surface area (TPSA) is 251 Å². The van der Waals surface area contributed by atoms with Crippen LogP contribution in [0.4, 0.5) is 0 Å². The smallest absolute Gasteiger partial charge is 0.358 e. The predicted molar refractivity (Wildman–Crippen MR) is 178 cm³/mol. The highest BCUT2D eigenvalue weighted by molar-refractivity contribution is 5.93. The summed E-state index contributed by atoms with van der Waals surface area (Å²) in [7, 11) is 3.35. The van der Waals surface area contributed by atoms with Crippen LogP contribution in [-0.4, -0.2) is 72.7 Å². The predicted octanol–water partition coefficient (Wildman–Crippen LogP) is 5.76. The Morgan fingerprint density at radius 1 is 0.660 bits per heavy atom. The van der Waals surface area contributed by atoms with Crippen LogP contribution >= 0.6 is 0 Å². The van der Waals surface area contributed by atoms with Gasteiger partial charge < -0.3 is 43.5 Å². The molecule has 5 heterocycles. The first-order chi connectivity index (χ1) is 23.5. The number of nitrogens with two attached hydrogens (primary N) is 1. The lowest BCUT2D eigenvalue weighted by Gasteiger charge is -2.05. The number of carbonyl (C=O) groups is 3. The van der Waals surface area contributed by atoms with Crippen LogP contribution in [0.15, 0.2) is 52.9 Å². The Bertz CT molecular complexity index is 1680. The molecule has 0 fully saturated rings. The van der Waals surface area contributed by atoms with Crippen LogP contribution in [0.25, 0.3) is 0 Å². The lowest BCUT2D eigenvalue weighted by molar-refractivity contribution is 0.0684. The maximum absolute atomic E-state index is 11.2. The zero-order valence-corrected chi connectivity index (χ0v) is 30.1. The number of amides is 1. The van der Waals surface area contributed by atoms with Crippen molar-refractivity contribution in [1.29, 1.82) is 0 Å². The molecular weight excluding hydrogens is 654 g/mol. The molecule has 0 radical (unpaired) electrons. The highest BCUT2D eigenvalue weighted by Gasteiger charge is 2.12. The van der Waals surface area contributed by atoms with Crippen LogP contribution in [0.1, 0.15) is 124 Å². The number of nitrogens with zero attached hydrogens (tertiary/aromatic N) is 6. The van der Waals surface area contributed by atoms with Crippen molar-refractivity contribution in [3.8, 4) is 0 Å². The Kier molecular flexibility index (Phi) is 18.3. The van der Waals surface area contributed by atoms with Crippen LogP contribution in [0.2, 0.25) is 0 Å². The number of aromatic nitrogens is 5. The minimum Gasteiger partial charge on any atom is -0.476 e. The maximum atomic E-state index is 11.2. The minimum atomic E-state index is -1.06. The molecule has 2 atom stereocenters. The lowest BCUT2D eigenvalue weighted by atomic mass is 10.2. The number of Topliss-reactive ketones (excluding diaryl/α,β-unsaturated/α-hetero) is 1. The number of aliphatic hydroxyl groups is 1. The second-order valence-corrected chi connectivity index (χ2v) is 10.9. The lowest BCUT2D eigenvalue weighted by Crippen LogP contribution is -2.21. The molecule has 5 aromatic rings. The summed E-state index contributed by atoms with van der Waals surface area (Å²) >= 11 is 0. The molecule has 0 aliphatic carbocycles. The molecule has 50 heavy (non-hydrogen) atoms. The Morgan fingerprint density at radius 3 is 1.36 bits per heavy atom. The highest BCUT2D eigenvalue weighted by Crippen LogP contribution is 2.15. The van der Waals surface area contributed by atoms with Crippen molar-refractivity contribution in [1.82, 2.24) is 30.7 Å². The van der Waals surface area contributed by atoms with Crippen molar-refractivity contribution in [3.63, 3.8) is 0 Å². The van der Waals surface area contributed by atoms with Crippen molar-refractivity contribution in [2.45, 2.75) is 86.8 Å². The molecule has 0 bridgehead atoms. The molecule has 4 N–H and O–H groups in total. The van der Waals surface area contributed by atoms with E-state index in [1.165, 1.54) is 11.0 Å². The van der Waals surface area contributed by atoms with E-state index in [0.29, 0.717) is 47.2 Å². The third-order valence-electron chi connectivity index (χ3n) is 6.18. The molecule has 0 saturated heterocycles. The second kappa shape index (κ2) is 21.5. The van der Waals surface area contributed by atoms with Gasteiger partial charge in [-0.2, -0.15) is 0 Å². The fraction of sp³-hybridized carbons (Fsp3) is 0.455. The molecule has 0 spiro atoms. The Hall–Kier alpha value is -5.42. The molecule has 0 aliphatic heterocycles. The summed E-state index contributed by atoms with van der Waals surface area (Å²) in [5, 5.41) is 35.3. The van der Waals surface area contributed by atoms with Gasteiger partial charge in [0, 0.05) is 50.8 Å². The van der Waals surface area contributed by atoms with E-state index in [4.69, 9.17) is 28.9 Å². The van der Waals surface area contributed by atoms with Gasteiger partial charge in [0.05, 0.1) is 12.1 Å². The number of ketones is 1. The van der Waals surface area contributed by atoms with Gasteiger partial charge in [-0.15, -0.1) is 0 Å². The van der Waals surface area contributed by atoms with Crippen LogP contribution in [0, 0.1) is 34.6 Å². The summed E-state index contributed by atoms with van der Waals surface area (Å²) in [5.74, 6) is 2.21. The van der Waals surface area contributed by atoms with Crippen LogP contribution < -0.4 is 5.73 Å². The van der Waals surface area contributed by atoms with E-state index in [0.717, 1.165) is 23.6 Å². The van der Waals surface area contributed by atoms with E-state index < -0.39 is 12.1 Å². The van der Waals surface area contributed by atoms with E-state index in [1.54, 1.807) is 66.9 Å². The summed E-state index contributed by atoms with van der Waals surface area (Å²) < 4.78 is 23.6. The monoisotopic (exact) mass is 701 g/mol. The molecule has 2 unspecified atom stereocenters. The molecule has 5 aromatic heterocycles. The number of rotatable bonds is 8. The summed E-state index contributed by atoms with van der Waals surface area (Å²) in [6.45, 7) is 14.5. The van der Waals surface area contributed by atoms with E-state index in [2.05, 4.69) is 30.3 Å². The average Bonchev–Trinajstić information content (AvgIpc) is 3.94. The van der Waals surface area contributed by atoms with E-state index in [9.17, 15) is 19.5 Å². The molecule has 17 nitrogen and oxygen atoms in total. The third kappa shape index (κ3) is 15.2. The van der Waals surface area contributed by atoms with Gasteiger partial charge in [-0.1, -0.05) is 46.6 Å². The van der Waals surface area contributed by atoms with Gasteiger partial charge in [0.15, 0.2) is 17.2 Å². The summed E-state index contributed by atoms with van der Waals surface area (Å²) in [6, 6.07) is 8.26. The van der Waals surface area contributed by atoms with Gasteiger partial charge in [0.2, 0.25) is 0 Å².